The van der Waals surface area contributed by atoms with E-state index in [1.54, 1.807) is 0 Å². The van der Waals surface area contributed by atoms with Crippen molar-refractivity contribution in [3.8, 4) is 6.07 Å². The molecular formula is C20H16N2. The van der Waals surface area contributed by atoms with Crippen LogP contribution in [0.3, 0.4) is 0 Å². The monoisotopic (exact) mass is 284 g/mol. The Labute approximate surface area is 130 Å². The zero-order valence-electron chi connectivity index (χ0n) is 12.2. The van der Waals surface area contributed by atoms with E-state index in [0.29, 0.717) is 11.8 Å². The highest BCUT2D eigenvalue weighted by molar-refractivity contribution is 5.53. The maximum absolute atomic E-state index is 9.12. The van der Waals surface area contributed by atoms with Crippen molar-refractivity contribution in [1.29, 1.82) is 5.26 Å². The molecule has 1 aliphatic heterocycles. The molecule has 0 aromatic heterocycles. The summed E-state index contributed by atoms with van der Waals surface area (Å²) in [6, 6.07) is 12.8. The van der Waals surface area contributed by atoms with Crippen LogP contribution in [0.2, 0.25) is 0 Å². The van der Waals surface area contributed by atoms with Crippen LogP contribution in [0, 0.1) is 23.2 Å². The molecule has 0 saturated carbocycles. The van der Waals surface area contributed by atoms with E-state index >= 15 is 0 Å². The SMILES string of the molecule is N#CC1=CC2C3=CC=CN(Cc4ccccc4)C3=CC2C=C1. The van der Waals surface area contributed by atoms with Gasteiger partial charge in [-0.05, 0) is 23.3 Å². The third kappa shape index (κ3) is 2.12. The van der Waals surface area contributed by atoms with E-state index in [1.807, 2.05) is 12.1 Å². The molecule has 0 amide bonds. The first-order valence-corrected chi connectivity index (χ1v) is 7.56. The van der Waals surface area contributed by atoms with E-state index in [4.69, 9.17) is 5.26 Å². The van der Waals surface area contributed by atoms with Gasteiger partial charge in [0.05, 0.1) is 6.07 Å². The number of fused-ring (bicyclic) bond motifs is 3. The van der Waals surface area contributed by atoms with Crippen LogP contribution < -0.4 is 0 Å². The van der Waals surface area contributed by atoms with Crippen LogP contribution in [-0.2, 0) is 6.54 Å². The van der Waals surface area contributed by atoms with E-state index in [9.17, 15) is 0 Å². The highest BCUT2D eigenvalue weighted by Crippen LogP contribution is 2.43. The third-order valence-electron chi connectivity index (χ3n) is 4.45. The summed E-state index contributed by atoms with van der Waals surface area (Å²) in [6.45, 7) is 0.874. The summed E-state index contributed by atoms with van der Waals surface area (Å²) in [4.78, 5) is 2.30. The molecular weight excluding hydrogens is 268 g/mol. The Morgan fingerprint density at radius 2 is 2.00 bits per heavy atom. The molecule has 2 aliphatic carbocycles. The second kappa shape index (κ2) is 5.20. The number of benzene rings is 1. The lowest BCUT2D eigenvalue weighted by Crippen LogP contribution is -2.20. The average Bonchev–Trinajstić information content (AvgIpc) is 2.95. The number of hydrogen-bond donors (Lipinski definition) is 0. The first-order chi connectivity index (χ1) is 10.8. The number of nitrogens with zero attached hydrogens (tertiary/aromatic N) is 2. The predicted molar refractivity (Wildman–Crippen MR) is 87.1 cm³/mol. The van der Waals surface area contributed by atoms with Gasteiger partial charge in [0.25, 0.3) is 0 Å². The molecule has 22 heavy (non-hydrogen) atoms. The van der Waals surface area contributed by atoms with Crippen molar-refractivity contribution in [2.45, 2.75) is 6.54 Å². The summed E-state index contributed by atoms with van der Waals surface area (Å²) in [5.41, 5.74) is 4.66. The highest BCUT2D eigenvalue weighted by atomic mass is 15.1. The van der Waals surface area contributed by atoms with E-state index in [1.165, 1.54) is 16.8 Å². The fourth-order valence-electron chi connectivity index (χ4n) is 3.38. The van der Waals surface area contributed by atoms with Crippen LogP contribution in [0.25, 0.3) is 0 Å². The number of nitriles is 1. The summed E-state index contributed by atoms with van der Waals surface area (Å²) < 4.78 is 0. The smallest absolute Gasteiger partial charge is 0.0988 e. The van der Waals surface area contributed by atoms with Gasteiger partial charge in [-0.2, -0.15) is 5.26 Å². The van der Waals surface area contributed by atoms with Gasteiger partial charge < -0.3 is 4.90 Å². The van der Waals surface area contributed by atoms with E-state index in [-0.39, 0.29) is 0 Å². The van der Waals surface area contributed by atoms with Crippen LogP contribution in [-0.4, -0.2) is 4.90 Å². The topological polar surface area (TPSA) is 27.0 Å². The van der Waals surface area contributed by atoms with Gasteiger partial charge in [-0.15, -0.1) is 0 Å². The van der Waals surface area contributed by atoms with Crippen molar-refractivity contribution < 1.29 is 0 Å². The standard InChI is InChI=1S/C20H16N2/c21-13-16-8-9-17-12-20-18(19(17)11-16)7-4-10-22(20)14-15-5-2-1-3-6-15/h1-12,17,19H,14H2. The molecule has 3 aliphatic rings. The molecule has 2 atom stereocenters. The van der Waals surface area contributed by atoms with Gasteiger partial charge in [0, 0.05) is 35.9 Å². The summed E-state index contributed by atoms with van der Waals surface area (Å²) in [7, 11) is 0. The van der Waals surface area contributed by atoms with Crippen LogP contribution in [0.4, 0.5) is 0 Å². The average molecular weight is 284 g/mol. The van der Waals surface area contributed by atoms with Crippen molar-refractivity contribution in [2.24, 2.45) is 11.8 Å². The fraction of sp³-hybridized carbons (Fsp3) is 0.150. The molecule has 0 saturated heterocycles. The molecule has 0 N–H and O–H groups in total. The molecule has 2 heteroatoms. The maximum Gasteiger partial charge on any atom is 0.0988 e. The van der Waals surface area contributed by atoms with Crippen LogP contribution in [0.5, 0.6) is 0 Å². The van der Waals surface area contributed by atoms with Crippen molar-refractivity contribution >= 4 is 0 Å². The molecule has 1 aromatic rings. The van der Waals surface area contributed by atoms with Gasteiger partial charge in [-0.25, -0.2) is 0 Å². The van der Waals surface area contributed by atoms with Crippen LogP contribution >= 0.6 is 0 Å². The molecule has 2 nitrogen and oxygen atoms in total. The molecule has 1 aromatic carbocycles. The molecule has 1 heterocycles. The summed E-state index contributed by atoms with van der Waals surface area (Å²) in [6.07, 6.45) is 14.9. The fourth-order valence-corrected chi connectivity index (χ4v) is 3.38. The van der Waals surface area contributed by atoms with Crippen LogP contribution in [0.1, 0.15) is 5.56 Å². The third-order valence-corrected chi connectivity index (χ3v) is 4.45. The Bertz CT molecular complexity index is 785. The zero-order valence-corrected chi connectivity index (χ0v) is 12.2. The number of allylic oxidation sites excluding steroid dienone is 8. The second-order valence-electron chi connectivity index (χ2n) is 5.82. The maximum atomic E-state index is 9.12. The molecule has 106 valence electrons. The Morgan fingerprint density at radius 1 is 1.14 bits per heavy atom. The van der Waals surface area contributed by atoms with Gasteiger partial charge in [-0.1, -0.05) is 54.6 Å². The predicted octanol–water partition coefficient (Wildman–Crippen LogP) is 4.09. The van der Waals surface area contributed by atoms with Crippen molar-refractivity contribution in [2.75, 3.05) is 0 Å². The summed E-state index contributed by atoms with van der Waals surface area (Å²) in [5.74, 6) is 0.675. The minimum absolute atomic E-state index is 0.304. The molecule has 0 bridgehead atoms. The molecule has 0 fully saturated rings. The molecule has 2 unspecified atom stereocenters. The second-order valence-corrected chi connectivity index (χ2v) is 5.82. The van der Waals surface area contributed by atoms with Crippen LogP contribution in [0.15, 0.2) is 89.8 Å². The van der Waals surface area contributed by atoms with Gasteiger partial charge in [0.1, 0.15) is 0 Å². The first-order valence-electron chi connectivity index (χ1n) is 7.56. The Kier molecular flexibility index (Phi) is 3.05. The lowest BCUT2D eigenvalue weighted by atomic mass is 9.85. The minimum Gasteiger partial charge on any atom is -0.344 e. The van der Waals surface area contributed by atoms with Gasteiger partial charge in [0.2, 0.25) is 0 Å². The first kappa shape index (κ1) is 12.9. The Morgan fingerprint density at radius 3 is 2.82 bits per heavy atom. The summed E-state index contributed by atoms with van der Waals surface area (Å²) in [5, 5.41) is 9.12. The Hall–Kier alpha value is -2.79. The molecule has 0 spiro atoms. The van der Waals surface area contributed by atoms with Crippen molar-refractivity contribution in [3.05, 3.63) is 95.4 Å². The molecule has 0 radical (unpaired) electrons. The lowest BCUT2D eigenvalue weighted by molar-refractivity contribution is 0.461. The lowest BCUT2D eigenvalue weighted by Gasteiger charge is -2.27. The van der Waals surface area contributed by atoms with E-state index in [2.05, 4.69) is 71.8 Å². The number of hydrogen-bond acceptors (Lipinski definition) is 2. The normalized spacial score (nSPS) is 24.9. The quantitative estimate of drug-likeness (QED) is 0.817. The highest BCUT2D eigenvalue weighted by Gasteiger charge is 2.34. The van der Waals surface area contributed by atoms with Gasteiger partial charge in [-0.3, -0.25) is 0 Å². The van der Waals surface area contributed by atoms with E-state index in [0.717, 1.165) is 12.1 Å². The van der Waals surface area contributed by atoms with Crippen molar-refractivity contribution in [3.63, 3.8) is 0 Å². The minimum atomic E-state index is 0.304. The van der Waals surface area contributed by atoms with E-state index < -0.39 is 0 Å². The zero-order chi connectivity index (χ0) is 14.9. The summed E-state index contributed by atoms with van der Waals surface area (Å²) >= 11 is 0. The largest absolute Gasteiger partial charge is 0.344 e. The Balaban J connectivity index is 1.64. The number of rotatable bonds is 2. The van der Waals surface area contributed by atoms with Gasteiger partial charge >= 0.3 is 0 Å². The molecule has 4 rings (SSSR count). The van der Waals surface area contributed by atoms with Gasteiger partial charge in [0.15, 0.2) is 0 Å². The van der Waals surface area contributed by atoms with Crippen molar-refractivity contribution in [1.82, 2.24) is 4.90 Å².